The minimum atomic E-state index is 0.0684. The van der Waals surface area contributed by atoms with E-state index in [1.54, 1.807) is 16.2 Å². The number of amides is 1. The summed E-state index contributed by atoms with van der Waals surface area (Å²) < 4.78 is 1.17. The second-order valence-corrected chi connectivity index (χ2v) is 7.17. The lowest BCUT2D eigenvalue weighted by molar-refractivity contribution is -0.134. The summed E-state index contributed by atoms with van der Waals surface area (Å²) in [4.78, 5) is 18.7. The maximum absolute atomic E-state index is 12.4. The number of benzene rings is 1. The lowest BCUT2D eigenvalue weighted by atomic mass is 9.66. The Morgan fingerprint density at radius 1 is 1.43 bits per heavy atom. The second-order valence-electron chi connectivity index (χ2n) is 6.06. The Kier molecular flexibility index (Phi) is 3.95. The van der Waals surface area contributed by atoms with E-state index >= 15 is 0 Å². The lowest BCUT2D eigenvalue weighted by Gasteiger charge is -2.41. The normalized spacial score (nSPS) is 16.7. The van der Waals surface area contributed by atoms with E-state index in [0.29, 0.717) is 19.5 Å². The van der Waals surface area contributed by atoms with Crippen molar-refractivity contribution in [1.82, 2.24) is 9.88 Å². The molecule has 3 rings (SSSR count). The van der Waals surface area contributed by atoms with Gasteiger partial charge in [-0.25, -0.2) is 4.98 Å². The third-order valence-electron chi connectivity index (χ3n) is 4.51. The minimum Gasteiger partial charge on any atom is -0.339 e. The summed E-state index contributed by atoms with van der Waals surface area (Å²) in [7, 11) is 1.86. The van der Waals surface area contributed by atoms with Gasteiger partial charge in [0.1, 0.15) is 5.01 Å². The van der Waals surface area contributed by atoms with Gasteiger partial charge in [0.2, 0.25) is 5.91 Å². The molecule has 1 aliphatic carbocycles. The number of carbonyl (C=O) groups excluding carboxylic acids is 1. The molecule has 0 saturated heterocycles. The molecule has 1 heterocycles. The summed E-state index contributed by atoms with van der Waals surface area (Å²) in [6, 6.07) is 8.08. The maximum Gasteiger partial charge on any atom is 0.223 e. The van der Waals surface area contributed by atoms with E-state index in [9.17, 15) is 4.79 Å². The average molecular weight is 303 g/mol. The van der Waals surface area contributed by atoms with Gasteiger partial charge >= 0.3 is 0 Å². The van der Waals surface area contributed by atoms with Crippen molar-refractivity contribution in [3.63, 3.8) is 0 Å². The maximum atomic E-state index is 12.4. The smallest absolute Gasteiger partial charge is 0.223 e. The Morgan fingerprint density at radius 2 is 2.19 bits per heavy atom. The van der Waals surface area contributed by atoms with Crippen LogP contribution < -0.4 is 5.73 Å². The number of hydrogen-bond donors (Lipinski definition) is 1. The van der Waals surface area contributed by atoms with Gasteiger partial charge in [-0.15, -0.1) is 11.3 Å². The van der Waals surface area contributed by atoms with Crippen LogP contribution >= 0.6 is 11.3 Å². The van der Waals surface area contributed by atoms with Crippen LogP contribution in [0.3, 0.4) is 0 Å². The van der Waals surface area contributed by atoms with Crippen LogP contribution in [0, 0.1) is 5.41 Å². The number of thiazole rings is 1. The monoisotopic (exact) mass is 303 g/mol. The summed E-state index contributed by atoms with van der Waals surface area (Å²) in [5, 5.41) is 0.988. The molecule has 1 amide bonds. The van der Waals surface area contributed by atoms with Crippen LogP contribution in [-0.2, 0) is 11.3 Å². The van der Waals surface area contributed by atoms with Crippen molar-refractivity contribution in [2.24, 2.45) is 11.1 Å². The first-order valence-electron chi connectivity index (χ1n) is 7.40. The van der Waals surface area contributed by atoms with E-state index in [1.165, 1.54) is 11.1 Å². The van der Waals surface area contributed by atoms with Crippen molar-refractivity contribution >= 4 is 27.5 Å². The van der Waals surface area contributed by atoms with Gasteiger partial charge in [-0.3, -0.25) is 4.79 Å². The summed E-state index contributed by atoms with van der Waals surface area (Å²) in [5.41, 5.74) is 6.92. The number of aromatic nitrogens is 1. The predicted molar refractivity (Wildman–Crippen MR) is 86.0 cm³/mol. The molecule has 1 aromatic carbocycles. The van der Waals surface area contributed by atoms with Gasteiger partial charge in [-0.1, -0.05) is 18.6 Å². The molecular formula is C16H21N3OS. The molecule has 1 fully saturated rings. The second kappa shape index (κ2) is 5.73. The van der Waals surface area contributed by atoms with Crippen LogP contribution in [0.5, 0.6) is 0 Å². The molecule has 5 heteroatoms. The van der Waals surface area contributed by atoms with Gasteiger partial charge in [-0.05, 0) is 36.9 Å². The molecule has 21 heavy (non-hydrogen) atoms. The molecule has 1 saturated carbocycles. The van der Waals surface area contributed by atoms with E-state index in [-0.39, 0.29) is 11.3 Å². The molecule has 0 aliphatic heterocycles. The van der Waals surface area contributed by atoms with Crippen molar-refractivity contribution in [2.45, 2.75) is 32.2 Å². The molecule has 0 atom stereocenters. The highest BCUT2D eigenvalue weighted by Crippen LogP contribution is 2.43. The van der Waals surface area contributed by atoms with Gasteiger partial charge in [-0.2, -0.15) is 0 Å². The van der Waals surface area contributed by atoms with Crippen molar-refractivity contribution < 1.29 is 4.79 Å². The quantitative estimate of drug-likeness (QED) is 0.924. The lowest BCUT2D eigenvalue weighted by Crippen LogP contribution is -2.42. The zero-order valence-electron chi connectivity index (χ0n) is 12.3. The third-order valence-corrected chi connectivity index (χ3v) is 5.53. The molecule has 112 valence electrons. The molecule has 0 bridgehead atoms. The van der Waals surface area contributed by atoms with Crippen LogP contribution in [0.25, 0.3) is 10.2 Å². The Labute approximate surface area is 129 Å². The number of nitrogens with two attached hydrogens (primary N) is 1. The first-order chi connectivity index (χ1) is 10.1. The molecule has 0 unspecified atom stereocenters. The zero-order valence-corrected chi connectivity index (χ0v) is 13.2. The van der Waals surface area contributed by atoms with Crippen molar-refractivity contribution in [3.8, 4) is 0 Å². The topological polar surface area (TPSA) is 59.2 Å². The number of para-hydroxylation sites is 1. The Morgan fingerprint density at radius 3 is 2.81 bits per heavy atom. The summed E-state index contributed by atoms with van der Waals surface area (Å²) >= 11 is 1.66. The van der Waals surface area contributed by atoms with Crippen molar-refractivity contribution in [3.05, 3.63) is 29.3 Å². The number of carbonyl (C=O) groups is 1. The third kappa shape index (κ3) is 2.94. The van der Waals surface area contributed by atoms with Gasteiger partial charge in [0, 0.05) is 13.5 Å². The number of fused-ring (bicyclic) bond motifs is 1. The van der Waals surface area contributed by atoms with Gasteiger partial charge in [0.05, 0.1) is 16.8 Å². The largest absolute Gasteiger partial charge is 0.339 e. The van der Waals surface area contributed by atoms with Gasteiger partial charge < -0.3 is 10.6 Å². The highest BCUT2D eigenvalue weighted by molar-refractivity contribution is 7.18. The van der Waals surface area contributed by atoms with Crippen LogP contribution in [0.4, 0.5) is 0 Å². The molecule has 4 nitrogen and oxygen atoms in total. The predicted octanol–water partition coefficient (Wildman–Crippen LogP) is 2.77. The van der Waals surface area contributed by atoms with Crippen LogP contribution in [-0.4, -0.2) is 29.4 Å². The highest BCUT2D eigenvalue weighted by atomic mass is 32.1. The summed E-state index contributed by atoms with van der Waals surface area (Å²) in [6.07, 6.45) is 3.95. The van der Waals surface area contributed by atoms with Crippen LogP contribution in [0.2, 0.25) is 0 Å². The fraction of sp³-hybridized carbons (Fsp3) is 0.500. The van der Waals surface area contributed by atoms with Gasteiger partial charge in [0.25, 0.3) is 0 Å². The zero-order chi connectivity index (χ0) is 14.9. The molecule has 0 spiro atoms. The molecule has 1 aromatic heterocycles. The molecule has 2 N–H and O–H groups in total. The Hall–Kier alpha value is -1.46. The van der Waals surface area contributed by atoms with E-state index in [2.05, 4.69) is 11.1 Å². The molecular weight excluding hydrogens is 282 g/mol. The number of nitrogens with zero attached hydrogens (tertiary/aromatic N) is 2. The van der Waals surface area contributed by atoms with E-state index < -0.39 is 0 Å². The fourth-order valence-corrected chi connectivity index (χ4v) is 3.89. The highest BCUT2D eigenvalue weighted by Gasteiger charge is 2.38. The van der Waals surface area contributed by atoms with Crippen LogP contribution in [0.1, 0.15) is 30.7 Å². The van der Waals surface area contributed by atoms with Crippen molar-refractivity contribution in [1.29, 1.82) is 0 Å². The number of hydrogen-bond acceptors (Lipinski definition) is 4. The number of rotatable bonds is 5. The summed E-state index contributed by atoms with van der Waals surface area (Å²) in [6.45, 7) is 1.20. The van der Waals surface area contributed by atoms with Crippen LogP contribution in [0.15, 0.2) is 24.3 Å². The van der Waals surface area contributed by atoms with E-state index in [0.717, 1.165) is 23.4 Å². The Balaban J connectivity index is 1.65. The first-order valence-corrected chi connectivity index (χ1v) is 8.22. The first kappa shape index (κ1) is 14.5. The fourth-order valence-electron chi connectivity index (χ4n) is 2.86. The molecule has 0 radical (unpaired) electrons. The Bertz CT molecular complexity index is 609. The van der Waals surface area contributed by atoms with E-state index in [1.807, 2.05) is 25.2 Å². The SMILES string of the molecule is CN(Cc1nc2ccccc2s1)C(=O)CC1(CN)CCC1. The molecule has 2 aromatic rings. The van der Waals surface area contributed by atoms with Gasteiger partial charge in [0.15, 0.2) is 0 Å². The average Bonchev–Trinajstić information content (AvgIpc) is 2.84. The standard InChI is InChI=1S/C16H21N3OS/c1-19(15(20)9-16(11-17)7-4-8-16)10-14-18-12-5-2-3-6-13(12)21-14/h2-3,5-6H,4,7-11,17H2,1H3. The van der Waals surface area contributed by atoms with E-state index in [4.69, 9.17) is 5.73 Å². The molecule has 1 aliphatic rings. The minimum absolute atomic E-state index is 0.0684. The summed E-state index contributed by atoms with van der Waals surface area (Å²) in [5.74, 6) is 0.180. The van der Waals surface area contributed by atoms with Crippen molar-refractivity contribution in [2.75, 3.05) is 13.6 Å².